The smallest absolute Gasteiger partial charge is 0.326 e. The van der Waals surface area contributed by atoms with Crippen LogP contribution in [0.4, 0.5) is 0 Å². The molecule has 0 saturated heterocycles. The van der Waals surface area contributed by atoms with Crippen molar-refractivity contribution in [3.05, 3.63) is 24.4 Å². The minimum atomic E-state index is -0.994. The van der Waals surface area contributed by atoms with Crippen molar-refractivity contribution in [1.82, 2.24) is 9.88 Å². The second-order valence-electron chi connectivity index (χ2n) is 3.84. The van der Waals surface area contributed by atoms with Gasteiger partial charge < -0.3 is 10.0 Å². The molecular weight excluding hydrogens is 284 g/mol. The van der Waals surface area contributed by atoms with E-state index in [2.05, 4.69) is 4.98 Å². The number of carboxylic acid groups (broad SMARTS) is 1. The number of amides is 1. The van der Waals surface area contributed by atoms with Crippen LogP contribution in [0.1, 0.15) is 13.3 Å². The maximum atomic E-state index is 11.7. The fraction of sp³-hybridized carbons (Fsp3) is 0.417. The van der Waals surface area contributed by atoms with Gasteiger partial charge in [0.2, 0.25) is 5.91 Å². The van der Waals surface area contributed by atoms with Gasteiger partial charge in [0.15, 0.2) is 0 Å². The molecule has 1 heterocycles. The van der Waals surface area contributed by atoms with Crippen LogP contribution in [0.25, 0.3) is 0 Å². The number of hydrogen-bond donors (Lipinski definition) is 1. The Morgan fingerprint density at radius 2 is 2.21 bits per heavy atom. The summed E-state index contributed by atoms with van der Waals surface area (Å²) in [6.07, 6.45) is 2.04. The van der Waals surface area contributed by atoms with Crippen molar-refractivity contribution >= 4 is 33.5 Å². The first-order valence-electron chi connectivity index (χ1n) is 5.71. The van der Waals surface area contributed by atoms with E-state index in [-0.39, 0.29) is 5.91 Å². The molecule has 0 fully saturated rings. The molecule has 1 amide bonds. The Hall–Kier alpha value is -1.21. The van der Waals surface area contributed by atoms with Crippen molar-refractivity contribution in [1.29, 1.82) is 0 Å². The third-order valence-electron chi connectivity index (χ3n) is 2.51. The zero-order chi connectivity index (χ0) is 14.3. The summed E-state index contributed by atoms with van der Waals surface area (Å²) in [7, 11) is 4.55. The molecule has 1 N–H and O–H groups in total. The molecule has 1 rings (SSSR count). The van der Waals surface area contributed by atoms with Gasteiger partial charge in [0.05, 0.1) is 0 Å². The van der Waals surface area contributed by atoms with Crippen LogP contribution >= 0.6 is 21.6 Å². The lowest BCUT2D eigenvalue weighted by atomic mass is 10.3. The van der Waals surface area contributed by atoms with Gasteiger partial charge in [-0.05, 0) is 29.9 Å². The van der Waals surface area contributed by atoms with E-state index in [1.54, 1.807) is 6.20 Å². The van der Waals surface area contributed by atoms with E-state index in [0.717, 1.165) is 5.03 Å². The fourth-order valence-electron chi connectivity index (χ4n) is 1.19. The maximum absolute atomic E-state index is 11.7. The Morgan fingerprint density at radius 3 is 2.79 bits per heavy atom. The standard InChI is InChI=1S/C12H16N2O3S2/c1-9(12(16)17)14(2)11(15)6-8-18-19-10-5-3-4-7-13-10/h3-5,7,9H,6,8H2,1-2H3,(H,16,17)/t9-/m0/s1. The molecular formula is C12H16N2O3S2. The minimum Gasteiger partial charge on any atom is -0.480 e. The van der Waals surface area contributed by atoms with Crippen LogP contribution in [0.15, 0.2) is 29.4 Å². The van der Waals surface area contributed by atoms with Crippen molar-refractivity contribution in [2.24, 2.45) is 0 Å². The molecule has 0 aliphatic heterocycles. The van der Waals surface area contributed by atoms with Gasteiger partial charge in [-0.2, -0.15) is 0 Å². The van der Waals surface area contributed by atoms with E-state index in [0.29, 0.717) is 12.2 Å². The highest BCUT2D eigenvalue weighted by Crippen LogP contribution is 2.29. The predicted octanol–water partition coefficient (Wildman–Crippen LogP) is 2.14. The third kappa shape index (κ3) is 5.52. The summed E-state index contributed by atoms with van der Waals surface area (Å²) in [4.78, 5) is 27.9. The molecule has 1 atom stereocenters. The van der Waals surface area contributed by atoms with Crippen LogP contribution < -0.4 is 0 Å². The molecule has 0 spiro atoms. The van der Waals surface area contributed by atoms with Crippen molar-refractivity contribution in [3.63, 3.8) is 0 Å². The molecule has 7 heteroatoms. The lowest BCUT2D eigenvalue weighted by Gasteiger charge is -2.21. The molecule has 1 aromatic heterocycles. The van der Waals surface area contributed by atoms with Gasteiger partial charge in [-0.3, -0.25) is 4.79 Å². The first-order chi connectivity index (χ1) is 9.02. The SMILES string of the molecule is C[C@@H](C(=O)O)N(C)C(=O)CCSSc1ccccn1. The van der Waals surface area contributed by atoms with Gasteiger partial charge in [0, 0.05) is 25.4 Å². The number of aliphatic carboxylic acids is 1. The quantitative estimate of drug-likeness (QED) is 0.614. The first-order valence-corrected chi connectivity index (χ1v) is 8.03. The van der Waals surface area contributed by atoms with Gasteiger partial charge in [-0.25, -0.2) is 9.78 Å². The Balaban J connectivity index is 2.26. The number of carbonyl (C=O) groups excluding carboxylic acids is 1. The largest absolute Gasteiger partial charge is 0.480 e. The molecule has 0 bridgehead atoms. The van der Waals surface area contributed by atoms with Crippen LogP contribution in [0.2, 0.25) is 0 Å². The molecule has 0 saturated carbocycles. The maximum Gasteiger partial charge on any atom is 0.326 e. The van der Waals surface area contributed by atoms with Crippen LogP contribution in [0.3, 0.4) is 0 Å². The predicted molar refractivity (Wildman–Crippen MR) is 77.0 cm³/mol. The Kier molecular flexibility index (Phi) is 6.72. The number of pyridine rings is 1. The molecule has 0 unspecified atom stereocenters. The number of aromatic nitrogens is 1. The average molecular weight is 300 g/mol. The zero-order valence-electron chi connectivity index (χ0n) is 10.8. The average Bonchev–Trinajstić information content (AvgIpc) is 2.42. The molecule has 0 aromatic carbocycles. The lowest BCUT2D eigenvalue weighted by molar-refractivity contribution is -0.148. The van der Waals surface area contributed by atoms with Crippen LogP contribution in [0, 0.1) is 0 Å². The number of carboxylic acids is 1. The van der Waals surface area contributed by atoms with Crippen molar-refractivity contribution in [3.8, 4) is 0 Å². The van der Waals surface area contributed by atoms with Crippen molar-refractivity contribution in [2.45, 2.75) is 24.4 Å². The van der Waals surface area contributed by atoms with E-state index in [4.69, 9.17) is 5.11 Å². The van der Waals surface area contributed by atoms with E-state index in [1.165, 1.54) is 40.5 Å². The Morgan fingerprint density at radius 1 is 1.47 bits per heavy atom. The normalized spacial score (nSPS) is 11.9. The number of nitrogens with zero attached hydrogens (tertiary/aromatic N) is 2. The number of likely N-dealkylation sites (N-methyl/N-ethyl adjacent to an activating group) is 1. The molecule has 1 aromatic rings. The summed E-state index contributed by atoms with van der Waals surface area (Å²) in [5.74, 6) is -0.535. The van der Waals surface area contributed by atoms with E-state index >= 15 is 0 Å². The highest BCUT2D eigenvalue weighted by atomic mass is 33.1. The Bertz CT molecular complexity index is 428. The Labute approximate surface area is 120 Å². The van der Waals surface area contributed by atoms with Crippen LogP contribution in [-0.2, 0) is 9.59 Å². The number of hydrogen-bond acceptors (Lipinski definition) is 5. The summed E-state index contributed by atoms with van der Waals surface area (Å²) in [5.41, 5.74) is 0. The summed E-state index contributed by atoms with van der Waals surface area (Å²) in [6, 6.07) is 4.86. The van der Waals surface area contributed by atoms with Gasteiger partial charge >= 0.3 is 5.97 Å². The van der Waals surface area contributed by atoms with E-state index in [9.17, 15) is 9.59 Å². The highest BCUT2D eigenvalue weighted by molar-refractivity contribution is 8.76. The molecule has 5 nitrogen and oxygen atoms in total. The molecule has 0 aliphatic rings. The highest BCUT2D eigenvalue weighted by Gasteiger charge is 2.20. The zero-order valence-corrected chi connectivity index (χ0v) is 12.4. The summed E-state index contributed by atoms with van der Waals surface area (Å²) in [6.45, 7) is 1.50. The van der Waals surface area contributed by atoms with Gasteiger partial charge in [-0.15, -0.1) is 0 Å². The van der Waals surface area contributed by atoms with E-state index in [1.807, 2.05) is 18.2 Å². The topological polar surface area (TPSA) is 70.5 Å². The van der Waals surface area contributed by atoms with Crippen molar-refractivity contribution < 1.29 is 14.7 Å². The monoisotopic (exact) mass is 300 g/mol. The molecule has 19 heavy (non-hydrogen) atoms. The molecule has 104 valence electrons. The van der Waals surface area contributed by atoms with Crippen molar-refractivity contribution in [2.75, 3.05) is 12.8 Å². The van der Waals surface area contributed by atoms with Gasteiger partial charge in [0.25, 0.3) is 0 Å². The second-order valence-corrected chi connectivity index (χ2v) is 6.28. The van der Waals surface area contributed by atoms with Gasteiger partial charge in [-0.1, -0.05) is 16.9 Å². The van der Waals surface area contributed by atoms with Crippen LogP contribution in [-0.4, -0.2) is 45.7 Å². The summed E-state index contributed by atoms with van der Waals surface area (Å²) in [5, 5.41) is 9.71. The minimum absolute atomic E-state index is 0.163. The molecule has 0 radical (unpaired) electrons. The van der Waals surface area contributed by atoms with Gasteiger partial charge in [0.1, 0.15) is 11.1 Å². The lowest BCUT2D eigenvalue weighted by Crippen LogP contribution is -2.40. The summed E-state index contributed by atoms with van der Waals surface area (Å²) >= 11 is 0. The van der Waals surface area contributed by atoms with Crippen LogP contribution in [0.5, 0.6) is 0 Å². The fourth-order valence-corrected chi connectivity index (χ4v) is 3.04. The first kappa shape index (κ1) is 15.8. The molecule has 0 aliphatic carbocycles. The second kappa shape index (κ2) is 8.06. The summed E-state index contributed by atoms with van der Waals surface area (Å²) < 4.78 is 0. The number of rotatable bonds is 7. The third-order valence-corrected chi connectivity index (χ3v) is 4.78. The number of carbonyl (C=O) groups is 2. The van der Waals surface area contributed by atoms with E-state index < -0.39 is 12.0 Å².